The molecule has 0 aromatic carbocycles. The lowest BCUT2D eigenvalue weighted by Crippen LogP contribution is -2.35. The summed E-state index contributed by atoms with van der Waals surface area (Å²) < 4.78 is 5.15. The molecular formula is C13H23N3O. The summed E-state index contributed by atoms with van der Waals surface area (Å²) in [5.74, 6) is 1.51. The molecule has 0 bridgehead atoms. The Labute approximate surface area is 104 Å². The maximum Gasteiger partial charge on any atom is 0.216 e. The van der Waals surface area contributed by atoms with E-state index in [1.807, 2.05) is 6.07 Å². The van der Waals surface area contributed by atoms with Crippen LogP contribution in [0.25, 0.3) is 0 Å². The van der Waals surface area contributed by atoms with Crippen LogP contribution >= 0.6 is 0 Å². The summed E-state index contributed by atoms with van der Waals surface area (Å²) in [6.45, 7) is 9.71. The van der Waals surface area contributed by atoms with E-state index in [9.17, 15) is 0 Å². The van der Waals surface area contributed by atoms with Crippen molar-refractivity contribution in [2.75, 3.05) is 13.7 Å². The number of hydrogen-bond donors (Lipinski definition) is 1. The van der Waals surface area contributed by atoms with E-state index in [0.29, 0.717) is 23.8 Å². The van der Waals surface area contributed by atoms with Gasteiger partial charge in [-0.05, 0) is 19.4 Å². The van der Waals surface area contributed by atoms with Crippen LogP contribution in [0.2, 0.25) is 0 Å². The van der Waals surface area contributed by atoms with Crippen LogP contribution in [0.15, 0.2) is 12.4 Å². The normalized spacial score (nSPS) is 14.7. The van der Waals surface area contributed by atoms with Crippen LogP contribution in [-0.2, 0) is 0 Å². The SMILES string of the molecule is CCNC(C)C(c1cc(OC)ncn1)C(C)C. The smallest absolute Gasteiger partial charge is 0.216 e. The fourth-order valence-corrected chi connectivity index (χ4v) is 2.27. The van der Waals surface area contributed by atoms with Gasteiger partial charge in [0.25, 0.3) is 0 Å². The third-order valence-corrected chi connectivity index (χ3v) is 3.00. The molecule has 0 radical (unpaired) electrons. The average molecular weight is 237 g/mol. The number of likely N-dealkylation sites (N-methyl/N-ethyl adjacent to an activating group) is 1. The molecule has 2 atom stereocenters. The van der Waals surface area contributed by atoms with Crippen molar-refractivity contribution in [3.05, 3.63) is 18.1 Å². The van der Waals surface area contributed by atoms with Crippen LogP contribution in [0.5, 0.6) is 5.88 Å². The fourth-order valence-electron chi connectivity index (χ4n) is 2.27. The molecule has 17 heavy (non-hydrogen) atoms. The predicted molar refractivity (Wildman–Crippen MR) is 69.3 cm³/mol. The zero-order valence-electron chi connectivity index (χ0n) is 11.4. The van der Waals surface area contributed by atoms with Crippen molar-refractivity contribution < 1.29 is 4.74 Å². The first-order valence-electron chi connectivity index (χ1n) is 6.19. The average Bonchev–Trinajstić information content (AvgIpc) is 2.29. The van der Waals surface area contributed by atoms with Crippen LogP contribution in [0, 0.1) is 5.92 Å². The van der Waals surface area contributed by atoms with Crippen molar-refractivity contribution in [2.45, 2.75) is 39.7 Å². The first-order chi connectivity index (χ1) is 8.10. The number of rotatable bonds is 6. The van der Waals surface area contributed by atoms with Gasteiger partial charge in [0.15, 0.2) is 0 Å². The van der Waals surface area contributed by atoms with E-state index in [1.54, 1.807) is 13.4 Å². The fraction of sp³-hybridized carbons (Fsp3) is 0.692. The van der Waals surface area contributed by atoms with Gasteiger partial charge in [-0.2, -0.15) is 0 Å². The van der Waals surface area contributed by atoms with E-state index in [0.717, 1.165) is 12.2 Å². The molecule has 1 N–H and O–H groups in total. The van der Waals surface area contributed by atoms with Crippen LogP contribution in [-0.4, -0.2) is 29.7 Å². The number of methoxy groups -OCH3 is 1. The van der Waals surface area contributed by atoms with Crippen molar-refractivity contribution in [1.82, 2.24) is 15.3 Å². The summed E-state index contributed by atoms with van der Waals surface area (Å²) in [7, 11) is 1.63. The van der Waals surface area contributed by atoms with E-state index < -0.39 is 0 Å². The lowest BCUT2D eigenvalue weighted by molar-refractivity contribution is 0.366. The highest BCUT2D eigenvalue weighted by molar-refractivity contribution is 5.19. The minimum Gasteiger partial charge on any atom is -0.481 e. The number of aromatic nitrogens is 2. The summed E-state index contributed by atoms with van der Waals surface area (Å²) in [5.41, 5.74) is 1.04. The molecule has 1 aromatic heterocycles. The van der Waals surface area contributed by atoms with Gasteiger partial charge in [0.1, 0.15) is 6.33 Å². The molecule has 96 valence electrons. The second-order valence-corrected chi connectivity index (χ2v) is 4.60. The number of ether oxygens (including phenoxy) is 1. The Bertz CT molecular complexity index is 341. The Balaban J connectivity index is 2.96. The van der Waals surface area contributed by atoms with Crippen LogP contribution in [0.4, 0.5) is 0 Å². The summed E-state index contributed by atoms with van der Waals surface area (Å²) in [6.07, 6.45) is 1.57. The Kier molecular flexibility index (Phi) is 5.35. The van der Waals surface area contributed by atoms with Gasteiger partial charge in [0, 0.05) is 18.0 Å². The summed E-state index contributed by atoms with van der Waals surface area (Å²) in [5, 5.41) is 3.46. The molecule has 0 aliphatic carbocycles. The maximum absolute atomic E-state index is 5.15. The molecule has 1 aromatic rings. The molecule has 0 fully saturated rings. The van der Waals surface area contributed by atoms with Gasteiger partial charge in [0.2, 0.25) is 5.88 Å². The van der Waals surface area contributed by atoms with E-state index in [-0.39, 0.29) is 0 Å². The van der Waals surface area contributed by atoms with E-state index in [4.69, 9.17) is 4.74 Å². The zero-order valence-corrected chi connectivity index (χ0v) is 11.4. The number of nitrogens with zero attached hydrogens (tertiary/aromatic N) is 2. The highest BCUT2D eigenvalue weighted by Crippen LogP contribution is 2.27. The van der Waals surface area contributed by atoms with Crippen molar-refractivity contribution in [3.8, 4) is 5.88 Å². The van der Waals surface area contributed by atoms with Crippen LogP contribution in [0.3, 0.4) is 0 Å². The lowest BCUT2D eigenvalue weighted by Gasteiger charge is -2.27. The van der Waals surface area contributed by atoms with Crippen LogP contribution in [0.1, 0.15) is 39.3 Å². The first-order valence-corrected chi connectivity index (χ1v) is 6.19. The molecule has 1 heterocycles. The maximum atomic E-state index is 5.15. The molecule has 2 unspecified atom stereocenters. The second kappa shape index (κ2) is 6.55. The van der Waals surface area contributed by atoms with Gasteiger partial charge in [-0.3, -0.25) is 0 Å². The standard InChI is InChI=1S/C13H23N3O/c1-6-14-10(4)13(9(2)3)11-7-12(17-5)16-8-15-11/h7-10,13-14H,6H2,1-5H3. The third kappa shape index (κ3) is 3.66. The largest absolute Gasteiger partial charge is 0.481 e. The molecule has 4 heteroatoms. The Morgan fingerprint density at radius 3 is 2.53 bits per heavy atom. The predicted octanol–water partition coefficient (Wildman–Crippen LogP) is 2.22. The van der Waals surface area contributed by atoms with Gasteiger partial charge in [-0.15, -0.1) is 0 Å². The molecular weight excluding hydrogens is 214 g/mol. The van der Waals surface area contributed by atoms with Crippen molar-refractivity contribution >= 4 is 0 Å². The Morgan fingerprint density at radius 2 is 2.00 bits per heavy atom. The minimum atomic E-state index is 0.367. The van der Waals surface area contributed by atoms with Gasteiger partial charge in [0.05, 0.1) is 12.8 Å². The molecule has 0 spiro atoms. The monoisotopic (exact) mass is 237 g/mol. The van der Waals surface area contributed by atoms with Crippen molar-refractivity contribution in [3.63, 3.8) is 0 Å². The summed E-state index contributed by atoms with van der Waals surface area (Å²) >= 11 is 0. The molecule has 1 rings (SSSR count). The van der Waals surface area contributed by atoms with Gasteiger partial charge >= 0.3 is 0 Å². The van der Waals surface area contributed by atoms with E-state index in [1.165, 1.54) is 0 Å². The molecule has 0 amide bonds. The Morgan fingerprint density at radius 1 is 1.29 bits per heavy atom. The molecule has 0 aliphatic heterocycles. The summed E-state index contributed by atoms with van der Waals surface area (Å²) in [6, 6.07) is 2.32. The van der Waals surface area contributed by atoms with E-state index in [2.05, 4.69) is 43.0 Å². The molecule has 0 saturated carbocycles. The molecule has 4 nitrogen and oxygen atoms in total. The molecule has 0 saturated heterocycles. The topological polar surface area (TPSA) is 47.0 Å². The minimum absolute atomic E-state index is 0.367. The molecule has 0 aliphatic rings. The zero-order chi connectivity index (χ0) is 12.8. The third-order valence-electron chi connectivity index (χ3n) is 3.00. The van der Waals surface area contributed by atoms with E-state index >= 15 is 0 Å². The second-order valence-electron chi connectivity index (χ2n) is 4.60. The number of hydrogen-bond acceptors (Lipinski definition) is 4. The Hall–Kier alpha value is -1.16. The highest BCUT2D eigenvalue weighted by Gasteiger charge is 2.23. The van der Waals surface area contributed by atoms with Gasteiger partial charge in [-0.25, -0.2) is 9.97 Å². The lowest BCUT2D eigenvalue weighted by atomic mass is 9.86. The number of nitrogens with one attached hydrogen (secondary N) is 1. The van der Waals surface area contributed by atoms with Gasteiger partial charge < -0.3 is 10.1 Å². The summed E-state index contributed by atoms with van der Waals surface area (Å²) in [4.78, 5) is 8.43. The van der Waals surface area contributed by atoms with Gasteiger partial charge in [-0.1, -0.05) is 20.8 Å². The van der Waals surface area contributed by atoms with Crippen molar-refractivity contribution in [2.24, 2.45) is 5.92 Å². The van der Waals surface area contributed by atoms with Crippen LogP contribution < -0.4 is 10.1 Å². The highest BCUT2D eigenvalue weighted by atomic mass is 16.5. The quantitative estimate of drug-likeness (QED) is 0.824. The van der Waals surface area contributed by atoms with Crippen molar-refractivity contribution in [1.29, 1.82) is 0 Å². The first kappa shape index (κ1) is 13.9.